The van der Waals surface area contributed by atoms with Crippen LogP contribution in [-0.2, 0) is 0 Å². The van der Waals surface area contributed by atoms with Crippen LogP contribution in [-0.4, -0.2) is 17.4 Å². The predicted molar refractivity (Wildman–Crippen MR) is 88.0 cm³/mol. The van der Waals surface area contributed by atoms with Crippen molar-refractivity contribution in [3.63, 3.8) is 0 Å². The Morgan fingerprint density at radius 3 is 2.81 bits per heavy atom. The molecular formula is C16H21N3OS. The molecule has 0 saturated heterocycles. The molecule has 1 aromatic heterocycles. The van der Waals surface area contributed by atoms with Crippen LogP contribution < -0.4 is 10.6 Å². The lowest BCUT2D eigenvalue weighted by atomic mass is 10.1. The second-order valence-corrected chi connectivity index (χ2v) is 5.81. The minimum Gasteiger partial charge on any atom is -0.385 e. The van der Waals surface area contributed by atoms with Crippen LogP contribution in [0, 0.1) is 6.92 Å². The first kappa shape index (κ1) is 15.5. The number of rotatable bonds is 6. The molecule has 5 heteroatoms. The van der Waals surface area contributed by atoms with Crippen LogP contribution in [0.15, 0.2) is 29.8 Å². The van der Waals surface area contributed by atoms with E-state index in [0.29, 0.717) is 5.56 Å². The molecule has 1 unspecified atom stereocenters. The number of nitrogens with one attached hydrogen (secondary N) is 2. The molecular weight excluding hydrogens is 282 g/mol. The summed E-state index contributed by atoms with van der Waals surface area (Å²) in [5.41, 5.74) is 2.69. The molecule has 0 bridgehead atoms. The largest absolute Gasteiger partial charge is 0.385 e. The third-order valence-electron chi connectivity index (χ3n) is 3.25. The summed E-state index contributed by atoms with van der Waals surface area (Å²) in [6.45, 7) is 6.88. The number of aromatic nitrogens is 1. The highest BCUT2D eigenvalue weighted by Crippen LogP contribution is 2.22. The number of aryl methyl sites for hydroxylation is 1. The van der Waals surface area contributed by atoms with Crippen LogP contribution in [0.2, 0.25) is 0 Å². The molecule has 1 aromatic carbocycles. The van der Waals surface area contributed by atoms with Crippen molar-refractivity contribution in [3.05, 3.63) is 45.9 Å². The van der Waals surface area contributed by atoms with E-state index in [0.717, 1.165) is 29.2 Å². The Kier molecular flexibility index (Phi) is 5.33. The third kappa shape index (κ3) is 3.82. The Balaban J connectivity index is 2.19. The summed E-state index contributed by atoms with van der Waals surface area (Å²) in [6.07, 6.45) is 2.59. The monoisotopic (exact) mass is 303 g/mol. The minimum atomic E-state index is -0.0620. The summed E-state index contributed by atoms with van der Waals surface area (Å²) in [7, 11) is 0. The van der Waals surface area contributed by atoms with Gasteiger partial charge in [0.2, 0.25) is 0 Å². The van der Waals surface area contributed by atoms with Gasteiger partial charge in [-0.05, 0) is 38.0 Å². The van der Waals surface area contributed by atoms with Crippen molar-refractivity contribution in [3.8, 4) is 0 Å². The van der Waals surface area contributed by atoms with Gasteiger partial charge in [-0.25, -0.2) is 4.98 Å². The van der Waals surface area contributed by atoms with Gasteiger partial charge >= 0.3 is 0 Å². The highest BCUT2D eigenvalue weighted by atomic mass is 32.1. The van der Waals surface area contributed by atoms with E-state index in [1.54, 1.807) is 17.5 Å². The fourth-order valence-electron chi connectivity index (χ4n) is 2.17. The number of nitrogens with zero attached hydrogens (tertiary/aromatic N) is 1. The SMILES string of the molecule is CCNc1cc(C)ccc1C(=O)NC(CC)c1nccs1. The lowest BCUT2D eigenvalue weighted by molar-refractivity contribution is 0.0936. The van der Waals surface area contributed by atoms with Gasteiger partial charge in [-0.3, -0.25) is 4.79 Å². The summed E-state index contributed by atoms with van der Waals surface area (Å²) in [6, 6.07) is 5.80. The van der Waals surface area contributed by atoms with E-state index < -0.39 is 0 Å². The molecule has 0 spiro atoms. The molecule has 0 radical (unpaired) electrons. The zero-order chi connectivity index (χ0) is 15.2. The Labute approximate surface area is 129 Å². The zero-order valence-corrected chi connectivity index (χ0v) is 13.5. The van der Waals surface area contributed by atoms with Crippen LogP contribution in [0.3, 0.4) is 0 Å². The number of carbonyl (C=O) groups excluding carboxylic acids is 1. The summed E-state index contributed by atoms with van der Waals surface area (Å²) < 4.78 is 0. The molecule has 2 N–H and O–H groups in total. The molecule has 112 valence electrons. The molecule has 0 saturated carbocycles. The lowest BCUT2D eigenvalue weighted by Gasteiger charge is -2.17. The Hall–Kier alpha value is -1.88. The average molecular weight is 303 g/mol. The second kappa shape index (κ2) is 7.22. The van der Waals surface area contributed by atoms with Crippen molar-refractivity contribution in [2.75, 3.05) is 11.9 Å². The van der Waals surface area contributed by atoms with Gasteiger partial charge in [0, 0.05) is 23.8 Å². The molecule has 0 aliphatic rings. The molecule has 21 heavy (non-hydrogen) atoms. The predicted octanol–water partition coefficient (Wildman–Crippen LogP) is 3.76. The van der Waals surface area contributed by atoms with Crippen LogP contribution in [0.4, 0.5) is 5.69 Å². The Bertz CT molecular complexity index is 596. The topological polar surface area (TPSA) is 54.0 Å². The molecule has 0 fully saturated rings. The van der Waals surface area contributed by atoms with Crippen molar-refractivity contribution >= 4 is 22.9 Å². The van der Waals surface area contributed by atoms with E-state index in [2.05, 4.69) is 15.6 Å². The maximum absolute atomic E-state index is 12.5. The quantitative estimate of drug-likeness (QED) is 0.854. The number of amides is 1. The minimum absolute atomic E-state index is 0.0340. The normalized spacial score (nSPS) is 12.0. The van der Waals surface area contributed by atoms with E-state index in [9.17, 15) is 4.79 Å². The van der Waals surface area contributed by atoms with Gasteiger partial charge in [0.25, 0.3) is 5.91 Å². The molecule has 1 atom stereocenters. The highest BCUT2D eigenvalue weighted by Gasteiger charge is 2.18. The number of carbonyl (C=O) groups is 1. The first-order valence-corrected chi connectivity index (χ1v) is 8.08. The van der Waals surface area contributed by atoms with Crippen molar-refractivity contribution in [1.82, 2.24) is 10.3 Å². The van der Waals surface area contributed by atoms with Gasteiger partial charge in [-0.2, -0.15) is 0 Å². The van der Waals surface area contributed by atoms with Gasteiger partial charge in [0.15, 0.2) is 0 Å². The smallest absolute Gasteiger partial charge is 0.253 e. The number of thiazole rings is 1. The van der Waals surface area contributed by atoms with E-state index in [-0.39, 0.29) is 11.9 Å². The molecule has 2 aromatic rings. The van der Waals surface area contributed by atoms with Crippen molar-refractivity contribution in [2.24, 2.45) is 0 Å². The van der Waals surface area contributed by atoms with E-state index in [1.165, 1.54) is 0 Å². The van der Waals surface area contributed by atoms with Crippen molar-refractivity contribution in [2.45, 2.75) is 33.2 Å². The van der Waals surface area contributed by atoms with Crippen LogP contribution in [0.1, 0.15) is 47.2 Å². The van der Waals surface area contributed by atoms with Crippen molar-refractivity contribution < 1.29 is 4.79 Å². The molecule has 0 aliphatic heterocycles. The summed E-state index contributed by atoms with van der Waals surface area (Å²) in [5, 5.41) is 9.20. The average Bonchev–Trinajstić information content (AvgIpc) is 2.99. The van der Waals surface area contributed by atoms with Gasteiger partial charge in [0.05, 0.1) is 11.6 Å². The van der Waals surface area contributed by atoms with Crippen LogP contribution in [0.5, 0.6) is 0 Å². The Morgan fingerprint density at radius 1 is 1.38 bits per heavy atom. The second-order valence-electron chi connectivity index (χ2n) is 4.88. The summed E-state index contributed by atoms with van der Waals surface area (Å²) >= 11 is 1.57. The fourth-order valence-corrected chi connectivity index (χ4v) is 2.95. The maximum atomic E-state index is 12.5. The number of hydrogen-bond acceptors (Lipinski definition) is 4. The number of benzene rings is 1. The van der Waals surface area contributed by atoms with Gasteiger partial charge in [-0.1, -0.05) is 13.0 Å². The molecule has 0 aliphatic carbocycles. The summed E-state index contributed by atoms with van der Waals surface area (Å²) in [5.74, 6) is -0.0620. The fraction of sp³-hybridized carbons (Fsp3) is 0.375. The standard InChI is InChI=1S/C16H21N3OS/c1-4-13(16-18-8-9-21-16)19-15(20)12-7-6-11(3)10-14(12)17-5-2/h6-10,13,17H,4-5H2,1-3H3,(H,19,20). The van der Waals surface area contributed by atoms with E-state index in [1.807, 2.05) is 44.4 Å². The van der Waals surface area contributed by atoms with Crippen LogP contribution in [0.25, 0.3) is 0 Å². The van der Waals surface area contributed by atoms with Crippen molar-refractivity contribution in [1.29, 1.82) is 0 Å². The Morgan fingerprint density at radius 2 is 2.19 bits per heavy atom. The van der Waals surface area contributed by atoms with Gasteiger partial charge in [0.1, 0.15) is 5.01 Å². The molecule has 2 rings (SSSR count). The van der Waals surface area contributed by atoms with E-state index >= 15 is 0 Å². The van der Waals surface area contributed by atoms with Crippen LogP contribution >= 0.6 is 11.3 Å². The zero-order valence-electron chi connectivity index (χ0n) is 12.6. The molecule has 1 heterocycles. The third-order valence-corrected chi connectivity index (χ3v) is 4.14. The number of hydrogen-bond donors (Lipinski definition) is 2. The first-order chi connectivity index (χ1) is 10.2. The van der Waals surface area contributed by atoms with Gasteiger partial charge in [-0.15, -0.1) is 11.3 Å². The molecule has 1 amide bonds. The van der Waals surface area contributed by atoms with Gasteiger partial charge < -0.3 is 10.6 Å². The van der Waals surface area contributed by atoms with E-state index in [4.69, 9.17) is 0 Å². The summed E-state index contributed by atoms with van der Waals surface area (Å²) in [4.78, 5) is 16.8. The highest BCUT2D eigenvalue weighted by molar-refractivity contribution is 7.09. The number of anilines is 1. The lowest BCUT2D eigenvalue weighted by Crippen LogP contribution is -2.28. The maximum Gasteiger partial charge on any atom is 0.253 e. The molecule has 4 nitrogen and oxygen atoms in total. The first-order valence-electron chi connectivity index (χ1n) is 7.20.